The molecule has 0 bridgehead atoms. The summed E-state index contributed by atoms with van der Waals surface area (Å²) in [5.74, 6) is 0. The highest BCUT2D eigenvalue weighted by atomic mass is 32.1. The van der Waals surface area contributed by atoms with Crippen LogP contribution in [0.25, 0.3) is 0 Å². The van der Waals surface area contributed by atoms with Crippen LogP contribution in [0.1, 0.15) is 23.1 Å². The highest BCUT2D eigenvalue weighted by Gasteiger charge is 2.31. The molecule has 0 amide bonds. The van der Waals surface area contributed by atoms with Gasteiger partial charge in [0.15, 0.2) is 0 Å². The lowest BCUT2D eigenvalue weighted by Crippen LogP contribution is -2.37. The van der Waals surface area contributed by atoms with Crippen LogP contribution in [-0.4, -0.2) is 10.7 Å². The molecule has 3 rings (SSSR count). The van der Waals surface area contributed by atoms with Gasteiger partial charge in [-0.2, -0.15) is 11.3 Å². The Labute approximate surface area is 106 Å². The molecule has 1 nitrogen and oxygen atoms in total. The Morgan fingerprint density at radius 3 is 2.76 bits per heavy atom. The van der Waals surface area contributed by atoms with Crippen molar-refractivity contribution >= 4 is 11.3 Å². The zero-order valence-electron chi connectivity index (χ0n) is 9.73. The first-order valence-electron chi connectivity index (χ1n) is 6.05. The Morgan fingerprint density at radius 2 is 2.00 bits per heavy atom. The zero-order chi connectivity index (χ0) is 11.7. The number of hydrogen-bond acceptors (Lipinski definition) is 2. The maximum absolute atomic E-state index is 10.7. The van der Waals surface area contributed by atoms with Crippen LogP contribution in [0.4, 0.5) is 0 Å². The molecule has 0 fully saturated rings. The molecular formula is C15H16OS. The number of rotatable bonds is 2. The van der Waals surface area contributed by atoms with Gasteiger partial charge in [0.1, 0.15) is 0 Å². The minimum absolute atomic E-state index is 0.546. The number of hydrogen-bond donors (Lipinski definition) is 1. The normalized spacial score (nSPS) is 23.4. The summed E-state index contributed by atoms with van der Waals surface area (Å²) >= 11 is 1.70. The molecule has 0 radical (unpaired) electrons. The van der Waals surface area contributed by atoms with Gasteiger partial charge >= 0.3 is 0 Å². The Hall–Kier alpha value is -1.12. The molecule has 1 unspecified atom stereocenters. The molecule has 88 valence electrons. The fourth-order valence-corrected chi connectivity index (χ4v) is 3.38. The zero-order valence-corrected chi connectivity index (χ0v) is 10.5. The van der Waals surface area contributed by atoms with Crippen LogP contribution in [0.2, 0.25) is 0 Å². The van der Waals surface area contributed by atoms with Crippen molar-refractivity contribution < 1.29 is 5.11 Å². The van der Waals surface area contributed by atoms with Gasteiger partial charge in [-0.05, 0) is 46.4 Å². The van der Waals surface area contributed by atoms with Gasteiger partial charge in [-0.3, -0.25) is 0 Å². The van der Waals surface area contributed by atoms with E-state index in [1.165, 1.54) is 16.7 Å². The van der Waals surface area contributed by atoms with E-state index in [1.54, 1.807) is 11.3 Å². The summed E-state index contributed by atoms with van der Waals surface area (Å²) in [6.45, 7) is 0. The van der Waals surface area contributed by atoms with Gasteiger partial charge in [-0.1, -0.05) is 24.3 Å². The molecule has 0 saturated heterocycles. The molecular weight excluding hydrogens is 228 g/mol. The van der Waals surface area contributed by atoms with Gasteiger partial charge in [0, 0.05) is 12.8 Å². The lowest BCUT2D eigenvalue weighted by molar-refractivity contribution is 0.0268. The summed E-state index contributed by atoms with van der Waals surface area (Å²) in [4.78, 5) is 0. The van der Waals surface area contributed by atoms with E-state index in [0.29, 0.717) is 0 Å². The van der Waals surface area contributed by atoms with Crippen LogP contribution >= 0.6 is 11.3 Å². The molecule has 2 aromatic rings. The van der Waals surface area contributed by atoms with E-state index in [0.717, 1.165) is 25.7 Å². The Morgan fingerprint density at radius 1 is 1.18 bits per heavy atom. The summed E-state index contributed by atoms with van der Waals surface area (Å²) in [7, 11) is 0. The summed E-state index contributed by atoms with van der Waals surface area (Å²) in [6.07, 6.45) is 3.44. The molecule has 2 heteroatoms. The summed E-state index contributed by atoms with van der Waals surface area (Å²) < 4.78 is 0. The highest BCUT2D eigenvalue weighted by Crippen LogP contribution is 2.31. The molecule has 1 aromatic heterocycles. The van der Waals surface area contributed by atoms with Gasteiger partial charge in [0.05, 0.1) is 5.60 Å². The van der Waals surface area contributed by atoms with Crippen LogP contribution in [0.3, 0.4) is 0 Å². The van der Waals surface area contributed by atoms with E-state index in [2.05, 4.69) is 41.1 Å². The Kier molecular flexibility index (Phi) is 2.77. The monoisotopic (exact) mass is 244 g/mol. The number of benzene rings is 1. The summed E-state index contributed by atoms with van der Waals surface area (Å²) in [6, 6.07) is 10.6. The fraction of sp³-hybridized carbons (Fsp3) is 0.333. The van der Waals surface area contributed by atoms with Crippen LogP contribution in [-0.2, 0) is 19.3 Å². The van der Waals surface area contributed by atoms with E-state index in [-0.39, 0.29) is 0 Å². The van der Waals surface area contributed by atoms with Crippen molar-refractivity contribution in [2.75, 3.05) is 0 Å². The minimum Gasteiger partial charge on any atom is -0.389 e. The second-order valence-corrected chi connectivity index (χ2v) is 5.76. The van der Waals surface area contributed by atoms with Crippen molar-refractivity contribution in [3.8, 4) is 0 Å². The quantitative estimate of drug-likeness (QED) is 0.860. The molecule has 1 N–H and O–H groups in total. The Balaban J connectivity index is 1.82. The van der Waals surface area contributed by atoms with Gasteiger partial charge in [0.2, 0.25) is 0 Å². The third kappa shape index (κ3) is 2.28. The molecule has 1 aliphatic rings. The average Bonchev–Trinajstić information content (AvgIpc) is 2.81. The molecule has 0 spiro atoms. The maximum Gasteiger partial charge on any atom is 0.0731 e. The van der Waals surface area contributed by atoms with E-state index < -0.39 is 5.60 Å². The Bertz CT molecular complexity index is 503. The molecule has 1 heterocycles. The predicted molar refractivity (Wildman–Crippen MR) is 71.4 cm³/mol. The second-order valence-electron chi connectivity index (χ2n) is 4.98. The van der Waals surface area contributed by atoms with Crippen LogP contribution in [0.5, 0.6) is 0 Å². The highest BCUT2D eigenvalue weighted by molar-refractivity contribution is 7.07. The number of aliphatic hydroxyl groups is 1. The number of aryl methyl sites for hydroxylation is 1. The molecule has 17 heavy (non-hydrogen) atoms. The van der Waals surface area contributed by atoms with Crippen molar-refractivity contribution in [1.82, 2.24) is 0 Å². The maximum atomic E-state index is 10.7. The lowest BCUT2D eigenvalue weighted by Gasteiger charge is -2.33. The van der Waals surface area contributed by atoms with Crippen LogP contribution in [0, 0.1) is 0 Å². The van der Waals surface area contributed by atoms with Crippen LogP contribution in [0.15, 0.2) is 41.1 Å². The van der Waals surface area contributed by atoms with E-state index >= 15 is 0 Å². The lowest BCUT2D eigenvalue weighted by atomic mass is 9.77. The second kappa shape index (κ2) is 4.28. The van der Waals surface area contributed by atoms with Crippen molar-refractivity contribution in [3.63, 3.8) is 0 Å². The summed E-state index contributed by atoms with van der Waals surface area (Å²) in [5.41, 5.74) is 3.44. The fourth-order valence-electron chi connectivity index (χ4n) is 2.71. The molecule has 1 atom stereocenters. The average molecular weight is 244 g/mol. The first kappa shape index (κ1) is 11.0. The third-order valence-corrected chi connectivity index (χ3v) is 4.34. The largest absolute Gasteiger partial charge is 0.389 e. The predicted octanol–water partition coefficient (Wildman–Crippen LogP) is 3.21. The standard InChI is InChI=1S/C15H16OS/c16-15(9-12-6-8-17-11-12)7-5-13-3-1-2-4-14(13)10-15/h1-4,6,8,11,16H,5,7,9-10H2. The third-order valence-electron chi connectivity index (χ3n) is 3.61. The first-order valence-corrected chi connectivity index (χ1v) is 7.00. The molecule has 1 aliphatic carbocycles. The van der Waals surface area contributed by atoms with Crippen molar-refractivity contribution in [1.29, 1.82) is 0 Å². The van der Waals surface area contributed by atoms with E-state index in [9.17, 15) is 5.11 Å². The van der Waals surface area contributed by atoms with Crippen molar-refractivity contribution in [2.45, 2.75) is 31.3 Å². The topological polar surface area (TPSA) is 20.2 Å². The van der Waals surface area contributed by atoms with Crippen molar-refractivity contribution in [2.24, 2.45) is 0 Å². The summed E-state index contributed by atoms with van der Waals surface area (Å²) in [5, 5.41) is 14.9. The molecule has 0 saturated carbocycles. The van der Waals surface area contributed by atoms with Gasteiger partial charge in [-0.25, -0.2) is 0 Å². The van der Waals surface area contributed by atoms with E-state index in [1.807, 2.05) is 0 Å². The number of fused-ring (bicyclic) bond motifs is 1. The minimum atomic E-state index is -0.546. The SMILES string of the molecule is OC1(Cc2ccsc2)CCc2ccccc2C1. The smallest absolute Gasteiger partial charge is 0.0731 e. The first-order chi connectivity index (χ1) is 8.25. The number of thiophene rings is 1. The van der Waals surface area contributed by atoms with Gasteiger partial charge in [-0.15, -0.1) is 0 Å². The van der Waals surface area contributed by atoms with E-state index in [4.69, 9.17) is 0 Å². The van der Waals surface area contributed by atoms with Crippen molar-refractivity contribution in [3.05, 3.63) is 57.8 Å². The van der Waals surface area contributed by atoms with Gasteiger partial charge in [0.25, 0.3) is 0 Å². The van der Waals surface area contributed by atoms with Crippen LogP contribution < -0.4 is 0 Å². The molecule has 0 aliphatic heterocycles. The molecule has 1 aromatic carbocycles. The van der Waals surface area contributed by atoms with Gasteiger partial charge < -0.3 is 5.11 Å².